The molecule has 0 radical (unpaired) electrons. The van der Waals surface area contributed by atoms with Gasteiger partial charge in [-0.15, -0.1) is 0 Å². The lowest BCUT2D eigenvalue weighted by atomic mass is 9.81. The highest BCUT2D eigenvalue weighted by molar-refractivity contribution is 5.99. The van der Waals surface area contributed by atoms with Crippen LogP contribution in [0, 0.1) is 5.92 Å². The number of carbonyl (C=O) groups is 1. The summed E-state index contributed by atoms with van der Waals surface area (Å²) in [6.07, 6.45) is 3.95. The highest BCUT2D eigenvalue weighted by atomic mass is 16.5. The van der Waals surface area contributed by atoms with E-state index in [0.29, 0.717) is 24.9 Å². The van der Waals surface area contributed by atoms with Gasteiger partial charge in [0.2, 0.25) is 5.95 Å². The number of rotatable bonds is 4. The maximum atomic E-state index is 12.8. The van der Waals surface area contributed by atoms with E-state index >= 15 is 0 Å². The first-order valence-electron chi connectivity index (χ1n) is 8.83. The number of nitrogens with zero attached hydrogens (tertiary/aromatic N) is 3. The maximum Gasteiger partial charge on any atom is 0.226 e. The van der Waals surface area contributed by atoms with Crippen molar-refractivity contribution in [3.63, 3.8) is 0 Å². The molecular formula is C19H22N4O2. The number of hydrogen-bond donors (Lipinski definition) is 1. The molecule has 0 saturated carbocycles. The summed E-state index contributed by atoms with van der Waals surface area (Å²) in [6.45, 7) is 4.89. The minimum atomic E-state index is -0.228. The predicted octanol–water partition coefficient (Wildman–Crippen LogP) is 3.33. The van der Waals surface area contributed by atoms with Crippen LogP contribution in [0.3, 0.4) is 0 Å². The minimum absolute atomic E-state index is 0.193. The summed E-state index contributed by atoms with van der Waals surface area (Å²) in [7, 11) is 0. The summed E-state index contributed by atoms with van der Waals surface area (Å²) in [5.74, 6) is 2.07. The van der Waals surface area contributed by atoms with E-state index in [-0.39, 0.29) is 11.8 Å². The maximum absolute atomic E-state index is 12.8. The van der Waals surface area contributed by atoms with Gasteiger partial charge in [0.05, 0.1) is 6.61 Å². The van der Waals surface area contributed by atoms with Crippen molar-refractivity contribution in [1.29, 1.82) is 0 Å². The van der Waals surface area contributed by atoms with Gasteiger partial charge in [-0.25, -0.2) is 4.68 Å². The van der Waals surface area contributed by atoms with Crippen LogP contribution in [0.25, 0.3) is 0 Å². The fraction of sp³-hybridized carbons (Fsp3) is 0.421. The van der Waals surface area contributed by atoms with E-state index in [0.717, 1.165) is 35.4 Å². The van der Waals surface area contributed by atoms with Gasteiger partial charge in [0.15, 0.2) is 5.78 Å². The average molecular weight is 338 g/mol. The van der Waals surface area contributed by atoms with Gasteiger partial charge in [0.25, 0.3) is 0 Å². The van der Waals surface area contributed by atoms with E-state index in [4.69, 9.17) is 4.74 Å². The van der Waals surface area contributed by atoms with Crippen LogP contribution in [0.5, 0.6) is 5.75 Å². The number of fused-ring (bicyclic) bond motifs is 1. The predicted molar refractivity (Wildman–Crippen MR) is 94.4 cm³/mol. The molecule has 1 aromatic heterocycles. The van der Waals surface area contributed by atoms with Gasteiger partial charge in [-0.2, -0.15) is 10.1 Å². The summed E-state index contributed by atoms with van der Waals surface area (Å²) in [5, 5.41) is 7.66. The Morgan fingerprint density at radius 1 is 1.28 bits per heavy atom. The fourth-order valence-electron chi connectivity index (χ4n) is 3.62. The summed E-state index contributed by atoms with van der Waals surface area (Å²) in [4.78, 5) is 17.1. The molecule has 130 valence electrons. The number of ether oxygens (including phenoxy) is 1. The van der Waals surface area contributed by atoms with Gasteiger partial charge in [-0.05, 0) is 36.5 Å². The number of aromatic nitrogens is 3. The van der Waals surface area contributed by atoms with E-state index in [1.165, 1.54) is 6.33 Å². The van der Waals surface area contributed by atoms with E-state index < -0.39 is 0 Å². The van der Waals surface area contributed by atoms with Crippen molar-refractivity contribution in [3.8, 4) is 5.75 Å². The number of ketones is 1. The fourth-order valence-corrected chi connectivity index (χ4v) is 3.62. The number of allylic oxidation sites excluding steroid dienone is 2. The van der Waals surface area contributed by atoms with Crippen molar-refractivity contribution in [2.75, 3.05) is 11.9 Å². The Bertz CT molecular complexity index is 822. The molecule has 2 aliphatic rings. The lowest BCUT2D eigenvalue weighted by molar-refractivity contribution is -0.117. The Labute approximate surface area is 146 Å². The molecular weight excluding hydrogens is 316 g/mol. The molecule has 1 N–H and O–H groups in total. The molecule has 4 rings (SSSR count). The number of benzene rings is 1. The van der Waals surface area contributed by atoms with Crippen LogP contribution >= 0.6 is 0 Å². The van der Waals surface area contributed by atoms with Crippen LogP contribution in [-0.4, -0.2) is 27.2 Å². The number of anilines is 1. The largest absolute Gasteiger partial charge is 0.494 e. The minimum Gasteiger partial charge on any atom is -0.494 e. The zero-order valence-corrected chi connectivity index (χ0v) is 14.5. The Kier molecular flexibility index (Phi) is 4.03. The molecule has 0 amide bonds. The van der Waals surface area contributed by atoms with Crippen LogP contribution in [0.2, 0.25) is 0 Å². The lowest BCUT2D eigenvalue weighted by Gasteiger charge is -2.34. The monoisotopic (exact) mass is 338 g/mol. The molecule has 6 heteroatoms. The second-order valence-corrected chi connectivity index (χ2v) is 6.80. The van der Waals surface area contributed by atoms with Crippen molar-refractivity contribution in [2.45, 2.75) is 39.2 Å². The van der Waals surface area contributed by atoms with Gasteiger partial charge in [0, 0.05) is 17.7 Å². The average Bonchev–Trinajstić information content (AvgIpc) is 3.06. The first-order valence-corrected chi connectivity index (χ1v) is 8.83. The summed E-state index contributed by atoms with van der Waals surface area (Å²) >= 11 is 0. The van der Waals surface area contributed by atoms with Gasteiger partial charge in [-0.3, -0.25) is 4.79 Å². The number of carbonyl (C=O) groups excluding carboxylic acids is 1. The SMILES string of the molecule is CCCOc1ccc([C@@H]2C3=C(C[C@@H](C)CC3=O)Nc3ncnn32)cc1. The third-order valence-electron chi connectivity index (χ3n) is 4.73. The Balaban J connectivity index is 1.75. The highest BCUT2D eigenvalue weighted by Gasteiger charge is 2.37. The van der Waals surface area contributed by atoms with E-state index in [1.807, 2.05) is 24.3 Å². The Morgan fingerprint density at radius 3 is 2.84 bits per heavy atom. The van der Waals surface area contributed by atoms with Crippen LogP contribution in [-0.2, 0) is 4.79 Å². The van der Waals surface area contributed by atoms with E-state index in [9.17, 15) is 4.79 Å². The van der Waals surface area contributed by atoms with Crippen LogP contribution in [0.15, 0.2) is 41.9 Å². The van der Waals surface area contributed by atoms with E-state index in [2.05, 4.69) is 29.2 Å². The molecule has 1 aliphatic heterocycles. The summed E-state index contributed by atoms with van der Waals surface area (Å²) in [6, 6.07) is 7.72. The summed E-state index contributed by atoms with van der Waals surface area (Å²) in [5.41, 5.74) is 2.83. The molecule has 0 bridgehead atoms. The van der Waals surface area contributed by atoms with Gasteiger partial charge in [0.1, 0.15) is 18.1 Å². The standard InChI is InChI=1S/C19H22N4O2/c1-3-8-25-14-6-4-13(5-7-14)18-17-15(9-12(2)10-16(17)24)22-19-20-11-21-23(18)19/h4-7,11-12,18H,3,8-10H2,1-2H3,(H,20,21,22)/t12-,18-/m1/s1. The number of Topliss-reactive ketones (excluding diaryl/α,β-unsaturated/α-hetero) is 1. The highest BCUT2D eigenvalue weighted by Crippen LogP contribution is 2.41. The van der Waals surface area contributed by atoms with Crippen LogP contribution < -0.4 is 10.1 Å². The molecule has 2 atom stereocenters. The van der Waals surface area contributed by atoms with Crippen LogP contribution in [0.1, 0.15) is 44.7 Å². The van der Waals surface area contributed by atoms with E-state index in [1.54, 1.807) is 4.68 Å². The van der Waals surface area contributed by atoms with Crippen molar-refractivity contribution in [2.24, 2.45) is 5.92 Å². The van der Waals surface area contributed by atoms with Crippen molar-refractivity contribution < 1.29 is 9.53 Å². The summed E-state index contributed by atoms with van der Waals surface area (Å²) < 4.78 is 7.47. The van der Waals surface area contributed by atoms with Gasteiger partial charge in [-0.1, -0.05) is 26.0 Å². The molecule has 1 aliphatic carbocycles. The smallest absolute Gasteiger partial charge is 0.226 e. The second-order valence-electron chi connectivity index (χ2n) is 6.80. The van der Waals surface area contributed by atoms with Crippen molar-refractivity contribution in [3.05, 3.63) is 47.4 Å². The molecule has 2 heterocycles. The molecule has 0 saturated heterocycles. The zero-order valence-electron chi connectivity index (χ0n) is 14.5. The third kappa shape index (κ3) is 2.81. The normalized spacial score (nSPS) is 22.2. The zero-order chi connectivity index (χ0) is 17.4. The van der Waals surface area contributed by atoms with Crippen LogP contribution in [0.4, 0.5) is 5.95 Å². The first-order chi connectivity index (χ1) is 12.2. The molecule has 0 fully saturated rings. The number of nitrogens with one attached hydrogen (secondary N) is 1. The van der Waals surface area contributed by atoms with Crippen molar-refractivity contribution >= 4 is 11.7 Å². The molecule has 0 spiro atoms. The lowest BCUT2D eigenvalue weighted by Crippen LogP contribution is -2.33. The molecule has 6 nitrogen and oxygen atoms in total. The molecule has 1 aromatic carbocycles. The van der Waals surface area contributed by atoms with Gasteiger partial charge < -0.3 is 10.1 Å². The molecule has 2 aromatic rings. The third-order valence-corrected chi connectivity index (χ3v) is 4.73. The van der Waals surface area contributed by atoms with Gasteiger partial charge >= 0.3 is 0 Å². The second kappa shape index (κ2) is 6.35. The molecule has 25 heavy (non-hydrogen) atoms. The Morgan fingerprint density at radius 2 is 2.08 bits per heavy atom. The molecule has 0 unspecified atom stereocenters. The van der Waals surface area contributed by atoms with Crippen molar-refractivity contribution in [1.82, 2.24) is 14.8 Å². The quantitative estimate of drug-likeness (QED) is 0.926. The topological polar surface area (TPSA) is 69.0 Å². The first kappa shape index (κ1) is 15.9. The Hall–Kier alpha value is -2.63. The number of hydrogen-bond acceptors (Lipinski definition) is 5.